The fourth-order valence-corrected chi connectivity index (χ4v) is 9.67. The van der Waals surface area contributed by atoms with E-state index in [1.54, 1.807) is 52.0 Å². The summed E-state index contributed by atoms with van der Waals surface area (Å²) in [6.07, 6.45) is 0. The second-order valence-corrected chi connectivity index (χ2v) is 16.7. The lowest BCUT2D eigenvalue weighted by atomic mass is 9.95. The van der Waals surface area contributed by atoms with Crippen molar-refractivity contribution in [2.75, 3.05) is 0 Å². The Kier molecular flexibility index (Phi) is 9.68. The van der Waals surface area contributed by atoms with Crippen LogP contribution in [-0.2, 0) is 28.8 Å². The van der Waals surface area contributed by atoms with Gasteiger partial charge in [0.05, 0.1) is 0 Å². The lowest BCUT2D eigenvalue weighted by molar-refractivity contribution is -0.161. The van der Waals surface area contributed by atoms with Gasteiger partial charge in [0.15, 0.2) is 0 Å². The van der Waals surface area contributed by atoms with Crippen LogP contribution >= 0.6 is 23.5 Å². The number of carboxylic acids is 2. The molecule has 2 aromatic rings. The number of hydrogen-bond acceptors (Lipinski definition) is 11. The van der Waals surface area contributed by atoms with E-state index < -0.39 is 80.8 Å². The Balaban J connectivity index is 0.000000191. The number of carbonyl (C=O) groups is 6. The number of thioether (sulfide) groups is 2. The number of β-lactam (4-membered cyclic amide) rings is 2. The number of phenolic OH excluding ortho intramolecular Hbond substituents is 1. The number of benzene rings is 2. The number of amides is 4. The average Bonchev–Trinajstić information content (AvgIpc) is 3.47. The van der Waals surface area contributed by atoms with Crippen LogP contribution < -0.4 is 22.1 Å². The number of rotatable bonds is 8. The van der Waals surface area contributed by atoms with Crippen molar-refractivity contribution in [1.82, 2.24) is 20.4 Å². The van der Waals surface area contributed by atoms with Crippen molar-refractivity contribution in [2.45, 2.75) is 84.2 Å². The molecule has 0 radical (unpaired) electrons. The van der Waals surface area contributed by atoms with Gasteiger partial charge in [-0.25, -0.2) is 9.59 Å². The van der Waals surface area contributed by atoms with Crippen molar-refractivity contribution in [3.8, 4) is 5.75 Å². The number of nitrogens with two attached hydrogens (primary N) is 2. The van der Waals surface area contributed by atoms with Gasteiger partial charge in [0.1, 0.15) is 52.7 Å². The predicted molar refractivity (Wildman–Crippen MR) is 180 cm³/mol. The molecule has 49 heavy (non-hydrogen) atoms. The molecule has 4 heterocycles. The van der Waals surface area contributed by atoms with E-state index >= 15 is 0 Å². The predicted octanol–water partition coefficient (Wildman–Crippen LogP) is 0.342. The lowest BCUT2D eigenvalue weighted by Crippen LogP contribution is -2.71. The largest absolute Gasteiger partial charge is 0.508 e. The fraction of sp³-hybridized carbons (Fsp3) is 0.438. The van der Waals surface area contributed by atoms with Gasteiger partial charge in [-0.05, 0) is 51.0 Å². The molecule has 17 heteroatoms. The van der Waals surface area contributed by atoms with Crippen molar-refractivity contribution in [2.24, 2.45) is 11.5 Å². The van der Waals surface area contributed by atoms with E-state index in [4.69, 9.17) is 11.5 Å². The zero-order valence-corrected chi connectivity index (χ0v) is 28.6. The third-order valence-corrected chi connectivity index (χ3v) is 12.1. The Bertz CT molecular complexity index is 1670. The molecule has 4 fully saturated rings. The minimum Gasteiger partial charge on any atom is -0.508 e. The number of hydrogen-bond donors (Lipinski definition) is 7. The normalized spacial score (nSPS) is 28.4. The van der Waals surface area contributed by atoms with E-state index in [9.17, 15) is 44.1 Å². The SMILES string of the molecule is CC1(C)S[C@@H]2[C@H](NC(=O)[C@H](N)c3ccc(O)cc3)C(=O)N2[C@H]1C(=O)O.CC1(C)S[C@@H]2[C@H](NC(=O)[C@H](N)c3ccccc3)C(=O)N2[C@H]1C(=O)O. The number of aromatic hydroxyl groups is 1. The highest BCUT2D eigenvalue weighted by atomic mass is 32.2. The minimum atomic E-state index is -1.06. The second-order valence-electron chi connectivity index (χ2n) is 13.1. The van der Waals surface area contributed by atoms with Gasteiger partial charge >= 0.3 is 11.9 Å². The molecule has 6 rings (SSSR count). The van der Waals surface area contributed by atoms with Gasteiger partial charge in [-0.3, -0.25) is 19.2 Å². The van der Waals surface area contributed by atoms with Gasteiger partial charge in [-0.15, -0.1) is 23.5 Å². The van der Waals surface area contributed by atoms with Crippen LogP contribution in [0.25, 0.3) is 0 Å². The maximum Gasteiger partial charge on any atom is 0.327 e. The molecule has 15 nitrogen and oxygen atoms in total. The van der Waals surface area contributed by atoms with Crippen molar-refractivity contribution in [3.63, 3.8) is 0 Å². The highest BCUT2D eigenvalue weighted by Crippen LogP contribution is 2.52. The summed E-state index contributed by atoms with van der Waals surface area (Å²) in [6, 6.07) is 9.58. The van der Waals surface area contributed by atoms with Crippen molar-refractivity contribution < 1.29 is 44.1 Å². The summed E-state index contributed by atoms with van der Waals surface area (Å²) < 4.78 is -1.27. The zero-order chi connectivity index (χ0) is 36.2. The molecule has 0 spiro atoms. The molecular formula is C32H38N6O9S2. The first-order valence-electron chi connectivity index (χ1n) is 15.3. The van der Waals surface area contributed by atoms with Crippen LogP contribution in [0.4, 0.5) is 0 Å². The molecule has 2 aromatic carbocycles. The Morgan fingerprint density at radius 3 is 1.43 bits per heavy atom. The monoisotopic (exact) mass is 714 g/mol. The van der Waals surface area contributed by atoms with Gasteiger partial charge in [0.25, 0.3) is 0 Å². The quantitative estimate of drug-likeness (QED) is 0.183. The van der Waals surface area contributed by atoms with E-state index in [2.05, 4.69) is 10.6 Å². The summed E-state index contributed by atoms with van der Waals surface area (Å²) in [4.78, 5) is 74.9. The van der Waals surface area contributed by atoms with E-state index in [0.29, 0.717) is 11.1 Å². The van der Waals surface area contributed by atoms with E-state index in [1.807, 2.05) is 6.07 Å². The van der Waals surface area contributed by atoms with Gasteiger partial charge < -0.3 is 47.2 Å². The lowest BCUT2D eigenvalue weighted by Gasteiger charge is -2.43. The number of nitrogens with zero attached hydrogens (tertiary/aromatic N) is 2. The first-order valence-corrected chi connectivity index (χ1v) is 17.0. The Morgan fingerprint density at radius 1 is 0.694 bits per heavy atom. The van der Waals surface area contributed by atoms with Crippen LogP contribution in [0.3, 0.4) is 0 Å². The van der Waals surface area contributed by atoms with Crippen LogP contribution in [0.1, 0.15) is 50.9 Å². The molecular weight excluding hydrogens is 677 g/mol. The molecule has 0 aromatic heterocycles. The Hall–Kier alpha value is -4.32. The first-order chi connectivity index (χ1) is 22.9. The number of aliphatic carboxylic acids is 2. The summed E-state index contributed by atoms with van der Waals surface area (Å²) in [5, 5.41) is 32.5. The highest BCUT2D eigenvalue weighted by molar-refractivity contribution is 8.02. The maximum absolute atomic E-state index is 12.3. The van der Waals surface area contributed by atoms with Gasteiger partial charge in [0, 0.05) is 9.49 Å². The first kappa shape index (κ1) is 36.0. The van der Waals surface area contributed by atoms with Crippen LogP contribution in [-0.4, -0.2) is 105 Å². The summed E-state index contributed by atoms with van der Waals surface area (Å²) >= 11 is 2.74. The average molecular weight is 715 g/mol. The van der Waals surface area contributed by atoms with Crippen LogP contribution in [0.5, 0.6) is 5.75 Å². The maximum atomic E-state index is 12.3. The Morgan fingerprint density at radius 2 is 1.06 bits per heavy atom. The molecule has 0 aliphatic carbocycles. The molecule has 0 bridgehead atoms. The standard InChI is InChI=1S/C16H19N3O5S.C16H19N3O4S/c1-16(2)11(15(23)24)19-13(22)10(14(19)25-16)18-12(21)9(17)7-3-5-8(20)6-4-7;1-16(2)11(15(22)23)19-13(21)10(14(19)24-16)18-12(20)9(17)8-6-4-3-5-7-8/h3-6,9-11,14,20H,17H2,1-2H3,(H,18,21)(H,23,24);3-7,9-11,14H,17H2,1-2H3,(H,18,20)(H,22,23)/t2*9-,10-,11+,14-/m11/s1. The summed E-state index contributed by atoms with van der Waals surface area (Å²) in [7, 11) is 0. The molecule has 9 N–H and O–H groups in total. The van der Waals surface area contributed by atoms with Crippen molar-refractivity contribution >= 4 is 59.1 Å². The number of carboxylic acid groups (broad SMARTS) is 2. The summed E-state index contributed by atoms with van der Waals surface area (Å²) in [5.41, 5.74) is 13.0. The van der Waals surface area contributed by atoms with Gasteiger partial charge in [-0.1, -0.05) is 42.5 Å². The highest BCUT2D eigenvalue weighted by Gasteiger charge is 2.65. The number of carbonyl (C=O) groups excluding carboxylic acids is 4. The van der Waals surface area contributed by atoms with Gasteiger partial charge in [0.2, 0.25) is 23.6 Å². The third-order valence-electron chi connectivity index (χ3n) is 8.92. The minimum absolute atomic E-state index is 0.0606. The van der Waals surface area contributed by atoms with Crippen LogP contribution in [0.15, 0.2) is 54.6 Å². The molecule has 4 saturated heterocycles. The van der Waals surface area contributed by atoms with E-state index in [1.165, 1.54) is 57.6 Å². The molecule has 4 aliphatic heterocycles. The molecule has 0 unspecified atom stereocenters. The number of nitrogens with one attached hydrogen (secondary N) is 2. The number of phenols is 1. The van der Waals surface area contributed by atoms with Crippen LogP contribution in [0.2, 0.25) is 0 Å². The summed E-state index contributed by atoms with van der Waals surface area (Å²) in [6.45, 7) is 7.11. The number of fused-ring (bicyclic) bond motifs is 2. The van der Waals surface area contributed by atoms with Crippen molar-refractivity contribution in [1.29, 1.82) is 0 Å². The second kappa shape index (κ2) is 13.2. The van der Waals surface area contributed by atoms with E-state index in [-0.39, 0.29) is 17.0 Å². The topological polar surface area (TPSA) is 246 Å². The fourth-order valence-electron chi connectivity index (χ4n) is 6.42. The summed E-state index contributed by atoms with van der Waals surface area (Å²) in [5.74, 6) is -3.79. The Labute approximate surface area is 290 Å². The third kappa shape index (κ3) is 6.54. The van der Waals surface area contributed by atoms with Gasteiger partial charge in [-0.2, -0.15) is 0 Å². The van der Waals surface area contributed by atoms with Crippen LogP contribution in [0, 0.1) is 0 Å². The molecule has 4 amide bonds. The molecule has 262 valence electrons. The molecule has 4 aliphatic rings. The molecule has 8 atom stereocenters. The molecule has 0 saturated carbocycles. The van der Waals surface area contributed by atoms with Crippen molar-refractivity contribution in [3.05, 3.63) is 65.7 Å². The zero-order valence-electron chi connectivity index (χ0n) is 27.0. The van der Waals surface area contributed by atoms with E-state index in [0.717, 1.165) is 0 Å². The smallest absolute Gasteiger partial charge is 0.327 e.